The van der Waals surface area contributed by atoms with Crippen molar-refractivity contribution in [2.24, 2.45) is 5.92 Å². The fourth-order valence-corrected chi connectivity index (χ4v) is 2.10. The summed E-state index contributed by atoms with van der Waals surface area (Å²) in [6, 6.07) is 8.26. The number of benzene rings is 1. The predicted molar refractivity (Wildman–Crippen MR) is 84.1 cm³/mol. The van der Waals surface area contributed by atoms with Gasteiger partial charge >= 0.3 is 5.97 Å². The predicted octanol–water partition coefficient (Wildman–Crippen LogP) is 2.55. The average molecular weight is 293 g/mol. The number of hydrogen-bond donors (Lipinski definition) is 1. The Labute approximate surface area is 127 Å². The van der Waals surface area contributed by atoms with E-state index in [9.17, 15) is 4.79 Å². The molecule has 0 heterocycles. The third kappa shape index (κ3) is 6.27. The topological polar surface area (TPSA) is 47.6 Å². The summed E-state index contributed by atoms with van der Waals surface area (Å²) in [6.45, 7) is 8.51. The molecular formula is C17H27NO3. The van der Waals surface area contributed by atoms with Gasteiger partial charge in [-0.05, 0) is 24.0 Å². The van der Waals surface area contributed by atoms with Gasteiger partial charge in [0.05, 0.1) is 20.1 Å². The van der Waals surface area contributed by atoms with Crippen LogP contribution in [-0.4, -0.2) is 32.3 Å². The minimum Gasteiger partial charge on any atom is -0.469 e. The number of hydrogen-bond acceptors (Lipinski definition) is 4. The summed E-state index contributed by atoms with van der Waals surface area (Å²) in [4.78, 5) is 11.5. The smallest absolute Gasteiger partial charge is 0.309 e. The molecule has 4 heteroatoms. The summed E-state index contributed by atoms with van der Waals surface area (Å²) in [7, 11) is 1.42. The molecule has 0 saturated carbocycles. The number of ether oxygens (including phenoxy) is 2. The number of esters is 1. The Morgan fingerprint density at radius 3 is 2.48 bits per heavy atom. The van der Waals surface area contributed by atoms with E-state index in [1.807, 2.05) is 31.2 Å². The van der Waals surface area contributed by atoms with Crippen molar-refractivity contribution in [2.45, 2.75) is 39.8 Å². The van der Waals surface area contributed by atoms with Crippen molar-refractivity contribution < 1.29 is 14.3 Å². The Balaban J connectivity index is 2.66. The van der Waals surface area contributed by atoms with Crippen LogP contribution in [-0.2, 0) is 27.2 Å². The second-order valence-corrected chi connectivity index (χ2v) is 5.41. The van der Waals surface area contributed by atoms with Gasteiger partial charge in [0, 0.05) is 19.2 Å². The van der Waals surface area contributed by atoms with Gasteiger partial charge in [0.15, 0.2) is 0 Å². The normalized spacial score (nSPS) is 12.4. The molecule has 1 atom stereocenters. The maximum absolute atomic E-state index is 11.5. The molecule has 0 aliphatic rings. The average Bonchev–Trinajstić information content (AvgIpc) is 2.48. The highest BCUT2D eigenvalue weighted by molar-refractivity contribution is 5.72. The first-order valence-corrected chi connectivity index (χ1v) is 7.53. The largest absolute Gasteiger partial charge is 0.469 e. The molecule has 0 amide bonds. The molecule has 1 unspecified atom stereocenters. The highest BCUT2D eigenvalue weighted by Crippen LogP contribution is 2.12. The number of rotatable bonds is 9. The summed E-state index contributed by atoms with van der Waals surface area (Å²) < 4.78 is 10.3. The van der Waals surface area contributed by atoms with Crippen LogP contribution < -0.4 is 5.32 Å². The Morgan fingerprint density at radius 1 is 1.24 bits per heavy atom. The number of methoxy groups -OCH3 is 1. The summed E-state index contributed by atoms with van der Waals surface area (Å²) in [5.41, 5.74) is 2.14. The number of nitrogens with one attached hydrogen (secondary N) is 1. The molecule has 0 saturated heterocycles. The van der Waals surface area contributed by atoms with Crippen LogP contribution in [0.4, 0.5) is 0 Å². The first-order chi connectivity index (χ1) is 10.1. The zero-order valence-corrected chi connectivity index (χ0v) is 13.5. The SMILES string of the molecule is CCOCC(NCc1ccccc1CC(=O)OC)C(C)C. The van der Waals surface area contributed by atoms with Gasteiger partial charge in [-0.1, -0.05) is 38.1 Å². The molecule has 0 spiro atoms. The number of carbonyl (C=O) groups is 1. The van der Waals surface area contributed by atoms with Crippen molar-refractivity contribution in [1.82, 2.24) is 5.32 Å². The molecule has 0 aliphatic heterocycles. The Hall–Kier alpha value is -1.39. The second-order valence-electron chi connectivity index (χ2n) is 5.41. The molecule has 0 aromatic heterocycles. The van der Waals surface area contributed by atoms with Crippen LogP contribution in [0.1, 0.15) is 31.9 Å². The lowest BCUT2D eigenvalue weighted by Crippen LogP contribution is -2.37. The third-order valence-electron chi connectivity index (χ3n) is 3.54. The fraction of sp³-hybridized carbons (Fsp3) is 0.588. The maximum Gasteiger partial charge on any atom is 0.309 e. The second kappa shape index (κ2) is 9.53. The highest BCUT2D eigenvalue weighted by atomic mass is 16.5. The summed E-state index contributed by atoms with van der Waals surface area (Å²) in [5.74, 6) is 0.279. The van der Waals surface area contributed by atoms with E-state index >= 15 is 0 Å². The molecule has 1 rings (SSSR count). The van der Waals surface area contributed by atoms with E-state index in [1.54, 1.807) is 0 Å². The van der Waals surface area contributed by atoms with E-state index in [2.05, 4.69) is 19.2 Å². The first kappa shape index (κ1) is 17.7. The van der Waals surface area contributed by atoms with Crippen LogP contribution in [0, 0.1) is 5.92 Å². The monoisotopic (exact) mass is 293 g/mol. The van der Waals surface area contributed by atoms with Gasteiger partial charge in [-0.3, -0.25) is 4.79 Å². The van der Waals surface area contributed by atoms with Gasteiger partial charge in [-0.25, -0.2) is 0 Å². The van der Waals surface area contributed by atoms with Crippen molar-refractivity contribution in [3.05, 3.63) is 35.4 Å². The van der Waals surface area contributed by atoms with Crippen LogP contribution in [0.2, 0.25) is 0 Å². The number of carbonyl (C=O) groups excluding carboxylic acids is 1. The molecular weight excluding hydrogens is 266 g/mol. The summed E-state index contributed by atoms with van der Waals surface area (Å²) in [6.07, 6.45) is 0.312. The minimum absolute atomic E-state index is 0.211. The Kier molecular flexibility index (Phi) is 8.01. The van der Waals surface area contributed by atoms with Gasteiger partial charge in [0.2, 0.25) is 0 Å². The highest BCUT2D eigenvalue weighted by Gasteiger charge is 2.14. The van der Waals surface area contributed by atoms with Gasteiger partial charge in [-0.15, -0.1) is 0 Å². The van der Waals surface area contributed by atoms with E-state index in [0.717, 1.165) is 24.3 Å². The summed E-state index contributed by atoms with van der Waals surface area (Å²) in [5, 5.41) is 3.52. The molecule has 118 valence electrons. The lowest BCUT2D eigenvalue weighted by Gasteiger charge is -2.23. The maximum atomic E-state index is 11.5. The molecule has 1 aromatic carbocycles. The molecule has 0 aliphatic carbocycles. The standard InChI is InChI=1S/C17H27NO3/c1-5-21-12-16(13(2)3)18-11-15-9-7-6-8-14(15)10-17(19)20-4/h6-9,13,16,18H,5,10-12H2,1-4H3. The van der Waals surface area contributed by atoms with Crippen LogP contribution >= 0.6 is 0 Å². The lowest BCUT2D eigenvalue weighted by molar-refractivity contribution is -0.139. The lowest BCUT2D eigenvalue weighted by atomic mass is 10.0. The van der Waals surface area contributed by atoms with E-state index in [4.69, 9.17) is 9.47 Å². The Bertz CT molecular complexity index is 432. The van der Waals surface area contributed by atoms with Crippen LogP contribution in [0.15, 0.2) is 24.3 Å². The molecule has 4 nitrogen and oxygen atoms in total. The fourth-order valence-electron chi connectivity index (χ4n) is 2.10. The Morgan fingerprint density at radius 2 is 1.90 bits per heavy atom. The van der Waals surface area contributed by atoms with Gasteiger partial charge in [0.25, 0.3) is 0 Å². The first-order valence-electron chi connectivity index (χ1n) is 7.53. The molecule has 21 heavy (non-hydrogen) atoms. The molecule has 1 aromatic rings. The van der Waals surface area contributed by atoms with Crippen molar-refractivity contribution >= 4 is 5.97 Å². The van der Waals surface area contributed by atoms with Crippen molar-refractivity contribution in [3.63, 3.8) is 0 Å². The third-order valence-corrected chi connectivity index (χ3v) is 3.54. The van der Waals surface area contributed by atoms with Gasteiger partial charge < -0.3 is 14.8 Å². The van der Waals surface area contributed by atoms with Crippen LogP contribution in [0.5, 0.6) is 0 Å². The zero-order valence-electron chi connectivity index (χ0n) is 13.5. The molecule has 0 bridgehead atoms. The summed E-state index contributed by atoms with van der Waals surface area (Å²) >= 11 is 0. The molecule has 1 N–H and O–H groups in total. The van der Waals surface area contributed by atoms with E-state index in [-0.39, 0.29) is 5.97 Å². The van der Waals surface area contributed by atoms with Crippen molar-refractivity contribution in [1.29, 1.82) is 0 Å². The van der Waals surface area contributed by atoms with E-state index in [0.29, 0.717) is 25.0 Å². The van der Waals surface area contributed by atoms with Gasteiger partial charge in [-0.2, -0.15) is 0 Å². The van der Waals surface area contributed by atoms with Crippen LogP contribution in [0.3, 0.4) is 0 Å². The van der Waals surface area contributed by atoms with E-state index in [1.165, 1.54) is 7.11 Å². The van der Waals surface area contributed by atoms with Crippen molar-refractivity contribution in [3.8, 4) is 0 Å². The van der Waals surface area contributed by atoms with Crippen LogP contribution in [0.25, 0.3) is 0 Å². The van der Waals surface area contributed by atoms with Crippen molar-refractivity contribution in [2.75, 3.05) is 20.3 Å². The van der Waals surface area contributed by atoms with E-state index < -0.39 is 0 Å². The van der Waals surface area contributed by atoms with Gasteiger partial charge in [0.1, 0.15) is 0 Å². The zero-order chi connectivity index (χ0) is 15.7. The quantitative estimate of drug-likeness (QED) is 0.711. The molecule has 0 fully saturated rings. The minimum atomic E-state index is -0.211. The molecule has 0 radical (unpaired) electrons.